The van der Waals surface area contributed by atoms with Crippen LogP contribution in [0, 0.1) is 0 Å². The fraction of sp³-hybridized carbons (Fsp3) is 0.625. The Morgan fingerprint density at radius 3 is 3.08 bits per heavy atom. The minimum absolute atomic E-state index is 0.363. The molecular formula is C8H13ClN2OS. The van der Waals surface area contributed by atoms with Crippen LogP contribution in [0.15, 0.2) is 5.38 Å². The molecule has 0 saturated carbocycles. The minimum Gasteiger partial charge on any atom is -0.385 e. The summed E-state index contributed by atoms with van der Waals surface area (Å²) in [5.41, 5.74) is 0. The highest BCUT2D eigenvalue weighted by atomic mass is 35.5. The van der Waals surface area contributed by atoms with Crippen LogP contribution in [0.1, 0.15) is 13.3 Å². The molecule has 0 fully saturated rings. The van der Waals surface area contributed by atoms with E-state index in [1.165, 1.54) is 11.3 Å². The molecule has 1 heterocycles. The molecule has 0 aliphatic carbocycles. The SMILES string of the molecule is COCCC(C)Nc1nc(Cl)cs1. The maximum atomic E-state index is 5.68. The smallest absolute Gasteiger partial charge is 0.184 e. The fourth-order valence-corrected chi connectivity index (χ4v) is 1.85. The Morgan fingerprint density at radius 1 is 1.77 bits per heavy atom. The highest BCUT2D eigenvalue weighted by Gasteiger charge is 2.04. The van der Waals surface area contributed by atoms with Gasteiger partial charge in [-0.15, -0.1) is 11.3 Å². The van der Waals surface area contributed by atoms with E-state index >= 15 is 0 Å². The van der Waals surface area contributed by atoms with E-state index in [2.05, 4.69) is 17.2 Å². The van der Waals surface area contributed by atoms with Gasteiger partial charge in [-0.25, -0.2) is 4.98 Å². The third kappa shape index (κ3) is 3.93. The molecular weight excluding hydrogens is 208 g/mol. The monoisotopic (exact) mass is 220 g/mol. The summed E-state index contributed by atoms with van der Waals surface area (Å²) >= 11 is 7.20. The number of nitrogens with one attached hydrogen (secondary N) is 1. The molecule has 0 saturated heterocycles. The Bertz CT molecular complexity index is 254. The van der Waals surface area contributed by atoms with Crippen LogP contribution in [0.5, 0.6) is 0 Å². The zero-order chi connectivity index (χ0) is 9.68. The van der Waals surface area contributed by atoms with Gasteiger partial charge in [0.05, 0.1) is 0 Å². The van der Waals surface area contributed by atoms with Crippen molar-refractivity contribution in [3.8, 4) is 0 Å². The number of thiazole rings is 1. The Balaban J connectivity index is 2.31. The standard InChI is InChI=1S/C8H13ClN2OS/c1-6(3-4-12-2)10-8-11-7(9)5-13-8/h5-6H,3-4H2,1-2H3,(H,10,11). The molecule has 0 bridgehead atoms. The number of ether oxygens (including phenoxy) is 1. The number of methoxy groups -OCH3 is 1. The average Bonchev–Trinajstić information content (AvgIpc) is 2.48. The first kappa shape index (κ1) is 10.8. The summed E-state index contributed by atoms with van der Waals surface area (Å²) in [6.45, 7) is 2.85. The molecule has 0 aliphatic heterocycles. The molecule has 1 rings (SSSR count). The van der Waals surface area contributed by atoms with Crippen LogP contribution in [0.4, 0.5) is 5.13 Å². The largest absolute Gasteiger partial charge is 0.385 e. The average molecular weight is 221 g/mol. The zero-order valence-electron chi connectivity index (χ0n) is 7.71. The predicted octanol–water partition coefficient (Wildman–Crippen LogP) is 2.63. The summed E-state index contributed by atoms with van der Waals surface area (Å²) in [5, 5.41) is 6.47. The van der Waals surface area contributed by atoms with Crippen LogP contribution >= 0.6 is 22.9 Å². The summed E-state index contributed by atoms with van der Waals surface area (Å²) in [5.74, 6) is 0. The highest BCUT2D eigenvalue weighted by Crippen LogP contribution is 2.19. The lowest BCUT2D eigenvalue weighted by Gasteiger charge is -2.11. The molecule has 0 aliphatic rings. The number of nitrogens with zero attached hydrogens (tertiary/aromatic N) is 1. The van der Waals surface area contributed by atoms with Gasteiger partial charge in [-0.1, -0.05) is 11.6 Å². The van der Waals surface area contributed by atoms with Crippen molar-refractivity contribution < 1.29 is 4.74 Å². The lowest BCUT2D eigenvalue weighted by Crippen LogP contribution is -2.16. The molecule has 0 aromatic carbocycles. The van der Waals surface area contributed by atoms with Gasteiger partial charge in [0, 0.05) is 25.1 Å². The van der Waals surface area contributed by atoms with Crippen molar-refractivity contribution in [3.63, 3.8) is 0 Å². The first-order chi connectivity index (χ1) is 6.22. The van der Waals surface area contributed by atoms with Gasteiger partial charge < -0.3 is 10.1 Å². The lowest BCUT2D eigenvalue weighted by molar-refractivity contribution is 0.191. The van der Waals surface area contributed by atoms with E-state index in [1.54, 1.807) is 7.11 Å². The topological polar surface area (TPSA) is 34.1 Å². The van der Waals surface area contributed by atoms with Crippen molar-refractivity contribution >= 4 is 28.1 Å². The number of rotatable bonds is 5. The number of halogens is 1. The molecule has 1 N–H and O–H groups in total. The van der Waals surface area contributed by atoms with Gasteiger partial charge in [0.15, 0.2) is 5.13 Å². The van der Waals surface area contributed by atoms with Crippen LogP contribution < -0.4 is 5.32 Å². The maximum Gasteiger partial charge on any atom is 0.184 e. The van der Waals surface area contributed by atoms with E-state index in [0.717, 1.165) is 18.2 Å². The van der Waals surface area contributed by atoms with Gasteiger partial charge in [-0.3, -0.25) is 0 Å². The molecule has 74 valence electrons. The summed E-state index contributed by atoms with van der Waals surface area (Å²) < 4.78 is 4.97. The molecule has 0 spiro atoms. The van der Waals surface area contributed by atoms with Crippen molar-refractivity contribution in [1.29, 1.82) is 0 Å². The first-order valence-corrected chi connectivity index (χ1v) is 5.34. The van der Waals surface area contributed by atoms with Gasteiger partial charge in [0.1, 0.15) is 5.15 Å². The van der Waals surface area contributed by atoms with Crippen molar-refractivity contribution in [2.75, 3.05) is 19.0 Å². The first-order valence-electron chi connectivity index (χ1n) is 4.09. The van der Waals surface area contributed by atoms with Gasteiger partial charge in [-0.2, -0.15) is 0 Å². The van der Waals surface area contributed by atoms with E-state index in [1.807, 2.05) is 5.38 Å². The summed E-state index contributed by atoms with van der Waals surface area (Å²) in [7, 11) is 1.70. The van der Waals surface area contributed by atoms with Crippen LogP contribution in [0.3, 0.4) is 0 Å². The Labute approximate surface area is 87.1 Å². The third-order valence-electron chi connectivity index (χ3n) is 1.60. The molecule has 0 amide bonds. The van der Waals surface area contributed by atoms with Crippen LogP contribution in [-0.2, 0) is 4.74 Å². The molecule has 1 aromatic rings. The summed E-state index contributed by atoms with van der Waals surface area (Å²) in [6.07, 6.45) is 0.966. The Morgan fingerprint density at radius 2 is 2.54 bits per heavy atom. The normalized spacial score (nSPS) is 12.8. The highest BCUT2D eigenvalue weighted by molar-refractivity contribution is 7.14. The fourth-order valence-electron chi connectivity index (χ4n) is 0.898. The van der Waals surface area contributed by atoms with Crippen LogP contribution in [-0.4, -0.2) is 24.7 Å². The second kappa shape index (κ2) is 5.42. The van der Waals surface area contributed by atoms with E-state index < -0.39 is 0 Å². The second-order valence-electron chi connectivity index (χ2n) is 2.80. The molecule has 1 atom stereocenters. The van der Waals surface area contributed by atoms with Gasteiger partial charge in [-0.05, 0) is 13.3 Å². The lowest BCUT2D eigenvalue weighted by atomic mass is 10.2. The molecule has 1 unspecified atom stereocenters. The minimum atomic E-state index is 0.363. The number of aromatic nitrogens is 1. The number of hydrogen-bond donors (Lipinski definition) is 1. The second-order valence-corrected chi connectivity index (χ2v) is 4.05. The van der Waals surface area contributed by atoms with E-state index in [-0.39, 0.29) is 0 Å². The molecule has 0 radical (unpaired) electrons. The van der Waals surface area contributed by atoms with Gasteiger partial charge in [0.25, 0.3) is 0 Å². The van der Waals surface area contributed by atoms with Gasteiger partial charge >= 0.3 is 0 Å². The van der Waals surface area contributed by atoms with E-state index in [9.17, 15) is 0 Å². The van der Waals surface area contributed by atoms with E-state index in [4.69, 9.17) is 16.3 Å². The molecule has 3 nitrogen and oxygen atoms in total. The molecule has 1 aromatic heterocycles. The van der Waals surface area contributed by atoms with Crippen LogP contribution in [0.2, 0.25) is 5.15 Å². The van der Waals surface area contributed by atoms with Crippen molar-refractivity contribution in [3.05, 3.63) is 10.5 Å². The molecule has 5 heteroatoms. The molecule has 13 heavy (non-hydrogen) atoms. The van der Waals surface area contributed by atoms with Crippen molar-refractivity contribution in [2.45, 2.75) is 19.4 Å². The van der Waals surface area contributed by atoms with Crippen molar-refractivity contribution in [1.82, 2.24) is 4.98 Å². The summed E-state index contributed by atoms with van der Waals surface area (Å²) in [4.78, 5) is 4.09. The zero-order valence-corrected chi connectivity index (χ0v) is 9.28. The summed E-state index contributed by atoms with van der Waals surface area (Å²) in [6, 6.07) is 0.363. The Kier molecular flexibility index (Phi) is 4.48. The van der Waals surface area contributed by atoms with E-state index in [0.29, 0.717) is 11.2 Å². The maximum absolute atomic E-state index is 5.68. The number of hydrogen-bond acceptors (Lipinski definition) is 4. The van der Waals surface area contributed by atoms with Crippen LogP contribution in [0.25, 0.3) is 0 Å². The third-order valence-corrected chi connectivity index (χ3v) is 2.70. The number of anilines is 1. The van der Waals surface area contributed by atoms with Crippen molar-refractivity contribution in [2.24, 2.45) is 0 Å². The Hall–Kier alpha value is -0.320. The predicted molar refractivity (Wildman–Crippen MR) is 56.7 cm³/mol. The van der Waals surface area contributed by atoms with Gasteiger partial charge in [0.2, 0.25) is 0 Å². The quantitative estimate of drug-likeness (QED) is 0.829.